The van der Waals surface area contributed by atoms with Crippen molar-refractivity contribution >= 4 is 28.7 Å². The van der Waals surface area contributed by atoms with E-state index in [9.17, 15) is 4.79 Å². The number of nitrogens with zero attached hydrogens (tertiary/aromatic N) is 1. The molecule has 76 valence electrons. The summed E-state index contributed by atoms with van der Waals surface area (Å²) < 4.78 is 0.625. The first kappa shape index (κ1) is 10.3. The normalized spacial score (nSPS) is 10.3. The first-order valence-corrected chi connectivity index (χ1v) is 5.58. The minimum Gasteiger partial charge on any atom is -0.288 e. The molecule has 0 fully saturated rings. The first-order valence-electron chi connectivity index (χ1n) is 4.39. The van der Waals surface area contributed by atoms with Crippen LogP contribution in [0.2, 0.25) is 4.34 Å². The van der Waals surface area contributed by atoms with Gasteiger partial charge in [0, 0.05) is 18.0 Å². The maximum Gasteiger partial charge on any atom is 0.204 e. The Morgan fingerprint density at radius 2 is 2.20 bits per heavy atom. The summed E-state index contributed by atoms with van der Waals surface area (Å²) in [5.41, 5.74) is 1.57. The third-order valence-corrected chi connectivity index (χ3v) is 3.31. The lowest BCUT2D eigenvalue weighted by atomic mass is 10.1. The minimum absolute atomic E-state index is 0.0162. The lowest BCUT2D eigenvalue weighted by Gasteiger charge is -2.00. The number of carbonyl (C=O) groups excluding carboxylic acids is 1. The van der Waals surface area contributed by atoms with Gasteiger partial charge in [-0.2, -0.15) is 0 Å². The van der Waals surface area contributed by atoms with Crippen LogP contribution in [0.5, 0.6) is 0 Å². The van der Waals surface area contributed by atoms with E-state index in [2.05, 4.69) is 4.98 Å². The summed E-state index contributed by atoms with van der Waals surface area (Å²) in [6.45, 7) is 1.89. The minimum atomic E-state index is -0.0162. The van der Waals surface area contributed by atoms with Crippen molar-refractivity contribution in [2.75, 3.05) is 0 Å². The second-order valence-corrected chi connectivity index (χ2v) is 4.84. The van der Waals surface area contributed by atoms with Crippen LogP contribution >= 0.6 is 22.9 Å². The number of hydrogen-bond donors (Lipinski definition) is 0. The van der Waals surface area contributed by atoms with Crippen LogP contribution in [0.1, 0.15) is 20.8 Å². The average molecular weight is 238 g/mol. The lowest BCUT2D eigenvalue weighted by Crippen LogP contribution is -2.01. The Bertz CT molecular complexity index is 507. The SMILES string of the molecule is Cc1ccncc1C(=O)c1ccc(Cl)s1. The van der Waals surface area contributed by atoms with Crippen LogP contribution in [0.4, 0.5) is 0 Å². The fraction of sp³-hybridized carbons (Fsp3) is 0.0909. The highest BCUT2D eigenvalue weighted by Crippen LogP contribution is 2.24. The molecule has 0 aliphatic carbocycles. The van der Waals surface area contributed by atoms with Gasteiger partial charge in [-0.25, -0.2) is 0 Å². The van der Waals surface area contributed by atoms with E-state index in [1.54, 1.807) is 24.5 Å². The summed E-state index contributed by atoms with van der Waals surface area (Å²) in [5, 5.41) is 0. The molecule has 0 radical (unpaired) electrons. The van der Waals surface area contributed by atoms with E-state index in [-0.39, 0.29) is 5.78 Å². The van der Waals surface area contributed by atoms with Crippen LogP contribution in [-0.2, 0) is 0 Å². The predicted octanol–water partition coefficient (Wildman–Crippen LogP) is 3.34. The summed E-state index contributed by atoms with van der Waals surface area (Å²) >= 11 is 7.07. The molecular formula is C11H8ClNOS. The van der Waals surface area contributed by atoms with Gasteiger partial charge in [-0.3, -0.25) is 9.78 Å². The molecule has 15 heavy (non-hydrogen) atoms. The number of halogens is 1. The van der Waals surface area contributed by atoms with Crippen LogP contribution in [0.3, 0.4) is 0 Å². The second-order valence-electron chi connectivity index (χ2n) is 3.12. The van der Waals surface area contributed by atoms with Crippen LogP contribution in [0.15, 0.2) is 30.6 Å². The summed E-state index contributed by atoms with van der Waals surface area (Å²) in [4.78, 5) is 16.6. The van der Waals surface area contributed by atoms with Crippen LogP contribution in [0, 0.1) is 6.92 Å². The summed E-state index contributed by atoms with van der Waals surface area (Å²) in [5.74, 6) is -0.0162. The molecule has 0 bridgehead atoms. The van der Waals surface area contributed by atoms with Gasteiger partial charge in [0.1, 0.15) is 0 Å². The zero-order valence-corrected chi connectivity index (χ0v) is 9.60. The van der Waals surface area contributed by atoms with Crippen molar-refractivity contribution < 1.29 is 4.79 Å². The molecule has 0 N–H and O–H groups in total. The van der Waals surface area contributed by atoms with Gasteiger partial charge in [0.15, 0.2) is 0 Å². The van der Waals surface area contributed by atoms with Gasteiger partial charge in [0.05, 0.1) is 9.21 Å². The van der Waals surface area contributed by atoms with E-state index in [4.69, 9.17) is 11.6 Å². The van der Waals surface area contributed by atoms with Gasteiger partial charge in [0.2, 0.25) is 5.78 Å². The Kier molecular flexibility index (Phi) is 2.84. The second kappa shape index (κ2) is 4.13. The van der Waals surface area contributed by atoms with E-state index >= 15 is 0 Å². The Balaban J connectivity index is 2.41. The number of pyridine rings is 1. The molecule has 0 aliphatic heterocycles. The van der Waals surface area contributed by atoms with Gasteiger partial charge >= 0.3 is 0 Å². The molecule has 2 aromatic heterocycles. The largest absolute Gasteiger partial charge is 0.288 e. The quantitative estimate of drug-likeness (QED) is 0.750. The predicted molar refractivity (Wildman–Crippen MR) is 61.7 cm³/mol. The zero-order valence-electron chi connectivity index (χ0n) is 8.03. The van der Waals surface area contributed by atoms with Crippen molar-refractivity contribution in [2.24, 2.45) is 0 Å². The monoisotopic (exact) mass is 237 g/mol. The highest BCUT2D eigenvalue weighted by molar-refractivity contribution is 7.18. The molecule has 0 unspecified atom stereocenters. The number of hydrogen-bond acceptors (Lipinski definition) is 3. The molecule has 2 nitrogen and oxygen atoms in total. The Morgan fingerprint density at radius 3 is 2.80 bits per heavy atom. The van der Waals surface area contributed by atoms with Crippen LogP contribution < -0.4 is 0 Å². The van der Waals surface area contributed by atoms with Gasteiger partial charge in [-0.05, 0) is 30.7 Å². The molecule has 4 heteroatoms. The van der Waals surface area contributed by atoms with Crippen molar-refractivity contribution in [3.63, 3.8) is 0 Å². The molecule has 0 spiro atoms. The van der Waals surface area contributed by atoms with Gasteiger partial charge in [-0.15, -0.1) is 11.3 Å². The molecule has 0 saturated heterocycles. The fourth-order valence-corrected chi connectivity index (χ4v) is 2.27. The van der Waals surface area contributed by atoms with Crippen molar-refractivity contribution in [1.29, 1.82) is 0 Å². The summed E-state index contributed by atoms with van der Waals surface area (Å²) in [6.07, 6.45) is 3.26. The van der Waals surface area contributed by atoms with E-state index in [1.807, 2.05) is 13.0 Å². The standard InChI is InChI=1S/C11H8ClNOS/c1-7-4-5-13-6-8(7)11(14)9-2-3-10(12)15-9/h2-6H,1H3. The maximum absolute atomic E-state index is 12.0. The van der Waals surface area contributed by atoms with Crippen molar-refractivity contribution in [2.45, 2.75) is 6.92 Å². The Morgan fingerprint density at radius 1 is 1.40 bits per heavy atom. The molecular weight excluding hydrogens is 230 g/mol. The van der Waals surface area contributed by atoms with Gasteiger partial charge in [-0.1, -0.05) is 11.6 Å². The summed E-state index contributed by atoms with van der Waals surface area (Å²) in [7, 11) is 0. The van der Waals surface area contributed by atoms with Crippen molar-refractivity contribution in [1.82, 2.24) is 4.98 Å². The number of rotatable bonds is 2. The smallest absolute Gasteiger partial charge is 0.204 e. The van der Waals surface area contributed by atoms with Crippen LogP contribution in [0.25, 0.3) is 0 Å². The molecule has 2 heterocycles. The van der Waals surface area contributed by atoms with E-state index in [0.29, 0.717) is 14.8 Å². The first-order chi connectivity index (χ1) is 7.18. The maximum atomic E-state index is 12.0. The zero-order chi connectivity index (χ0) is 10.8. The van der Waals surface area contributed by atoms with Crippen LogP contribution in [-0.4, -0.2) is 10.8 Å². The fourth-order valence-electron chi connectivity index (χ4n) is 1.27. The van der Waals surface area contributed by atoms with Gasteiger partial charge < -0.3 is 0 Å². The Hall–Kier alpha value is -1.19. The van der Waals surface area contributed by atoms with Gasteiger partial charge in [0.25, 0.3) is 0 Å². The molecule has 2 aromatic rings. The highest BCUT2D eigenvalue weighted by atomic mass is 35.5. The lowest BCUT2D eigenvalue weighted by molar-refractivity contribution is 0.104. The number of ketones is 1. The summed E-state index contributed by atoms with van der Waals surface area (Å²) in [6, 6.07) is 5.29. The number of aromatic nitrogens is 1. The number of thiophene rings is 1. The Labute approximate surface area is 96.5 Å². The van der Waals surface area contributed by atoms with Crippen molar-refractivity contribution in [3.05, 3.63) is 50.9 Å². The molecule has 2 rings (SSSR count). The molecule has 0 amide bonds. The number of aryl methyl sites for hydroxylation is 1. The van der Waals surface area contributed by atoms with Crippen molar-refractivity contribution in [3.8, 4) is 0 Å². The third kappa shape index (κ3) is 2.08. The molecule has 0 atom stereocenters. The topological polar surface area (TPSA) is 30.0 Å². The molecule has 0 aliphatic rings. The van der Waals surface area contributed by atoms with E-state index < -0.39 is 0 Å². The van der Waals surface area contributed by atoms with E-state index in [1.165, 1.54) is 11.3 Å². The third-order valence-electron chi connectivity index (χ3n) is 2.08. The number of carbonyl (C=O) groups is 1. The van der Waals surface area contributed by atoms with E-state index in [0.717, 1.165) is 5.56 Å². The average Bonchev–Trinajstić information content (AvgIpc) is 2.65. The highest BCUT2D eigenvalue weighted by Gasteiger charge is 2.13. The molecule has 0 aromatic carbocycles. The molecule has 0 saturated carbocycles.